The van der Waals surface area contributed by atoms with Gasteiger partial charge in [-0.3, -0.25) is 0 Å². The van der Waals surface area contributed by atoms with Crippen molar-refractivity contribution < 1.29 is 18.9 Å². The highest BCUT2D eigenvalue weighted by molar-refractivity contribution is 5.31. The van der Waals surface area contributed by atoms with Crippen LogP contribution < -0.4 is 9.47 Å². The molecule has 4 atom stereocenters. The van der Waals surface area contributed by atoms with Gasteiger partial charge in [-0.05, 0) is 37.1 Å². The van der Waals surface area contributed by atoms with E-state index >= 15 is 0 Å². The molecule has 2 saturated heterocycles. The lowest BCUT2D eigenvalue weighted by Gasteiger charge is -2.36. The minimum absolute atomic E-state index is 0.374. The van der Waals surface area contributed by atoms with Gasteiger partial charge in [0.2, 0.25) is 0 Å². The summed E-state index contributed by atoms with van der Waals surface area (Å²) in [5.74, 6) is 2.86. The molecule has 22 heavy (non-hydrogen) atoms. The van der Waals surface area contributed by atoms with Crippen molar-refractivity contribution in [1.82, 2.24) is 0 Å². The molecule has 0 radical (unpaired) electrons. The zero-order chi connectivity index (χ0) is 15.4. The molecule has 122 valence electrons. The van der Waals surface area contributed by atoms with Crippen LogP contribution in [0.3, 0.4) is 0 Å². The standard InChI is InChI=1S/C18H26O4/c1-3-17-13(11-21-17)9-19-15-5-7-16(8-6-15)20-10-14-12-22-18(14)4-2/h5-8,13-14,17-18H,3-4,9-12H2,1-2H3. The quantitative estimate of drug-likeness (QED) is 0.738. The number of benzene rings is 1. The molecule has 2 aliphatic heterocycles. The summed E-state index contributed by atoms with van der Waals surface area (Å²) in [5, 5.41) is 0. The van der Waals surface area contributed by atoms with Gasteiger partial charge in [-0.1, -0.05) is 13.8 Å². The van der Waals surface area contributed by atoms with Gasteiger partial charge in [0.25, 0.3) is 0 Å². The lowest BCUT2D eigenvalue weighted by molar-refractivity contribution is -0.128. The third-order valence-electron chi connectivity index (χ3n) is 4.66. The van der Waals surface area contributed by atoms with E-state index in [4.69, 9.17) is 18.9 Å². The summed E-state index contributed by atoms with van der Waals surface area (Å²) >= 11 is 0. The molecule has 4 heteroatoms. The number of rotatable bonds is 8. The highest BCUT2D eigenvalue weighted by Gasteiger charge is 2.31. The van der Waals surface area contributed by atoms with E-state index in [1.807, 2.05) is 24.3 Å². The first-order valence-electron chi connectivity index (χ1n) is 8.39. The van der Waals surface area contributed by atoms with Crippen LogP contribution in [0.4, 0.5) is 0 Å². The second-order valence-corrected chi connectivity index (χ2v) is 6.17. The average molecular weight is 306 g/mol. The number of hydrogen-bond acceptors (Lipinski definition) is 4. The lowest BCUT2D eigenvalue weighted by atomic mass is 9.97. The molecule has 0 aromatic heterocycles. The van der Waals surface area contributed by atoms with E-state index in [9.17, 15) is 0 Å². The van der Waals surface area contributed by atoms with E-state index in [1.54, 1.807) is 0 Å². The Hall–Kier alpha value is -1.26. The van der Waals surface area contributed by atoms with Crippen molar-refractivity contribution in [2.45, 2.75) is 38.9 Å². The fraction of sp³-hybridized carbons (Fsp3) is 0.667. The summed E-state index contributed by atoms with van der Waals surface area (Å²) in [6.45, 7) is 7.41. The van der Waals surface area contributed by atoms with Gasteiger partial charge in [-0.2, -0.15) is 0 Å². The molecule has 2 heterocycles. The smallest absolute Gasteiger partial charge is 0.119 e. The van der Waals surface area contributed by atoms with Crippen LogP contribution in [-0.2, 0) is 9.47 Å². The molecular formula is C18H26O4. The van der Waals surface area contributed by atoms with Crippen molar-refractivity contribution in [2.75, 3.05) is 26.4 Å². The Morgan fingerprint density at radius 3 is 1.50 bits per heavy atom. The minimum atomic E-state index is 0.374. The molecule has 0 bridgehead atoms. The van der Waals surface area contributed by atoms with E-state index in [1.165, 1.54) is 0 Å². The van der Waals surface area contributed by atoms with Gasteiger partial charge in [0, 0.05) is 11.8 Å². The van der Waals surface area contributed by atoms with Crippen molar-refractivity contribution in [3.8, 4) is 11.5 Å². The van der Waals surface area contributed by atoms with Crippen LogP contribution in [0.15, 0.2) is 24.3 Å². The molecule has 0 N–H and O–H groups in total. The van der Waals surface area contributed by atoms with Crippen molar-refractivity contribution in [1.29, 1.82) is 0 Å². The Bertz CT molecular complexity index is 412. The maximum absolute atomic E-state index is 5.83. The molecule has 4 unspecified atom stereocenters. The van der Waals surface area contributed by atoms with Crippen LogP contribution in [-0.4, -0.2) is 38.6 Å². The zero-order valence-electron chi connectivity index (χ0n) is 13.5. The van der Waals surface area contributed by atoms with E-state index < -0.39 is 0 Å². The monoisotopic (exact) mass is 306 g/mol. The fourth-order valence-corrected chi connectivity index (χ4v) is 2.99. The maximum Gasteiger partial charge on any atom is 0.119 e. The third kappa shape index (κ3) is 3.55. The van der Waals surface area contributed by atoms with Gasteiger partial charge in [0.1, 0.15) is 11.5 Å². The Balaban J connectivity index is 1.40. The summed E-state index contributed by atoms with van der Waals surface area (Å²) in [4.78, 5) is 0. The van der Waals surface area contributed by atoms with Gasteiger partial charge in [0.05, 0.1) is 38.6 Å². The van der Waals surface area contributed by atoms with Gasteiger partial charge < -0.3 is 18.9 Å². The van der Waals surface area contributed by atoms with Gasteiger partial charge in [-0.15, -0.1) is 0 Å². The van der Waals surface area contributed by atoms with Crippen molar-refractivity contribution >= 4 is 0 Å². The first kappa shape index (κ1) is 15.6. The predicted molar refractivity (Wildman–Crippen MR) is 84.5 cm³/mol. The van der Waals surface area contributed by atoms with Crippen molar-refractivity contribution in [3.63, 3.8) is 0 Å². The number of hydrogen-bond donors (Lipinski definition) is 0. The Kier molecular flexibility index (Phi) is 5.21. The first-order chi connectivity index (χ1) is 10.8. The van der Waals surface area contributed by atoms with Crippen LogP contribution >= 0.6 is 0 Å². The summed E-state index contributed by atoms with van der Waals surface area (Å²) in [6.07, 6.45) is 2.87. The molecule has 0 aliphatic carbocycles. The topological polar surface area (TPSA) is 36.9 Å². The molecule has 1 aromatic carbocycles. The normalized spacial score (nSPS) is 30.3. The average Bonchev–Trinajstić information content (AvgIpc) is 2.48. The predicted octanol–water partition coefficient (Wildman–Crippen LogP) is 3.29. The molecular weight excluding hydrogens is 280 g/mol. The van der Waals surface area contributed by atoms with Crippen LogP contribution in [0.2, 0.25) is 0 Å². The molecule has 2 aliphatic rings. The molecule has 0 spiro atoms. The summed E-state index contributed by atoms with van der Waals surface area (Å²) in [7, 11) is 0. The second-order valence-electron chi connectivity index (χ2n) is 6.17. The third-order valence-corrected chi connectivity index (χ3v) is 4.66. The maximum atomic E-state index is 5.83. The zero-order valence-corrected chi connectivity index (χ0v) is 13.5. The Morgan fingerprint density at radius 1 is 0.818 bits per heavy atom. The Labute approximate surface area is 132 Å². The van der Waals surface area contributed by atoms with Gasteiger partial charge >= 0.3 is 0 Å². The molecule has 1 aromatic rings. The van der Waals surface area contributed by atoms with E-state index in [2.05, 4.69) is 13.8 Å². The van der Waals surface area contributed by atoms with Crippen LogP contribution in [0.25, 0.3) is 0 Å². The first-order valence-corrected chi connectivity index (χ1v) is 8.39. The SMILES string of the molecule is CCC1OCC1COc1ccc(OCC2COC2CC)cc1. The van der Waals surface area contributed by atoms with Gasteiger partial charge in [-0.25, -0.2) is 0 Å². The van der Waals surface area contributed by atoms with Crippen LogP contribution in [0.1, 0.15) is 26.7 Å². The molecule has 0 amide bonds. The lowest BCUT2D eigenvalue weighted by Crippen LogP contribution is -2.42. The van der Waals surface area contributed by atoms with Crippen LogP contribution in [0.5, 0.6) is 11.5 Å². The fourth-order valence-electron chi connectivity index (χ4n) is 2.99. The number of ether oxygens (including phenoxy) is 4. The Morgan fingerprint density at radius 2 is 1.23 bits per heavy atom. The van der Waals surface area contributed by atoms with E-state index in [0.717, 1.165) is 50.8 Å². The van der Waals surface area contributed by atoms with Crippen LogP contribution in [0, 0.1) is 11.8 Å². The molecule has 3 rings (SSSR count). The largest absolute Gasteiger partial charge is 0.493 e. The highest BCUT2D eigenvalue weighted by Crippen LogP contribution is 2.27. The summed E-state index contributed by atoms with van der Waals surface area (Å²) in [5.41, 5.74) is 0. The summed E-state index contributed by atoms with van der Waals surface area (Å²) in [6, 6.07) is 7.91. The molecule has 4 nitrogen and oxygen atoms in total. The summed E-state index contributed by atoms with van der Waals surface area (Å²) < 4.78 is 22.6. The highest BCUT2D eigenvalue weighted by atomic mass is 16.5. The van der Waals surface area contributed by atoms with Crippen molar-refractivity contribution in [2.24, 2.45) is 11.8 Å². The molecule has 0 saturated carbocycles. The van der Waals surface area contributed by atoms with Crippen molar-refractivity contribution in [3.05, 3.63) is 24.3 Å². The second kappa shape index (κ2) is 7.34. The van der Waals surface area contributed by atoms with Gasteiger partial charge in [0.15, 0.2) is 0 Å². The molecule has 2 fully saturated rings. The minimum Gasteiger partial charge on any atom is -0.493 e. The van der Waals surface area contributed by atoms with E-state index in [0.29, 0.717) is 24.0 Å². The van der Waals surface area contributed by atoms with E-state index in [-0.39, 0.29) is 0 Å².